The molecule has 0 spiro atoms. The van der Waals surface area contributed by atoms with E-state index < -0.39 is 0 Å². The van der Waals surface area contributed by atoms with Crippen molar-refractivity contribution in [2.75, 3.05) is 33.8 Å². The van der Waals surface area contributed by atoms with Crippen LogP contribution in [0.1, 0.15) is 19.8 Å². The van der Waals surface area contributed by atoms with Gasteiger partial charge in [-0.2, -0.15) is 0 Å². The van der Waals surface area contributed by atoms with Gasteiger partial charge in [-0.15, -0.1) is 0 Å². The number of likely N-dealkylation sites (tertiary alicyclic amines) is 1. The number of rotatable bonds is 4. The van der Waals surface area contributed by atoms with Crippen LogP contribution in [0.5, 0.6) is 0 Å². The molecule has 1 fully saturated rings. The molecule has 1 aliphatic rings. The standard InChI is InChI=1S/C11H22N2O2/c1-4-5-11(15)13-6-9(8-14)10(7-13)12(2)3/h9-10,14H,4-8H2,1-3H3/t9-,10+/m0/s1. The second-order valence-electron chi connectivity index (χ2n) is 4.52. The van der Waals surface area contributed by atoms with Gasteiger partial charge in [-0.3, -0.25) is 4.79 Å². The highest BCUT2D eigenvalue weighted by Crippen LogP contribution is 2.20. The van der Waals surface area contributed by atoms with Gasteiger partial charge < -0.3 is 14.9 Å². The lowest BCUT2D eigenvalue weighted by atomic mass is 10.0. The van der Waals surface area contributed by atoms with Crippen molar-refractivity contribution in [2.24, 2.45) is 5.92 Å². The quantitative estimate of drug-likeness (QED) is 0.725. The number of aliphatic hydroxyl groups is 1. The summed E-state index contributed by atoms with van der Waals surface area (Å²) in [4.78, 5) is 15.7. The van der Waals surface area contributed by atoms with Gasteiger partial charge in [0.2, 0.25) is 5.91 Å². The van der Waals surface area contributed by atoms with Crippen LogP contribution < -0.4 is 0 Å². The fourth-order valence-electron chi connectivity index (χ4n) is 2.19. The average molecular weight is 214 g/mol. The maximum absolute atomic E-state index is 11.7. The summed E-state index contributed by atoms with van der Waals surface area (Å²) >= 11 is 0. The minimum Gasteiger partial charge on any atom is -0.396 e. The molecule has 0 radical (unpaired) electrons. The zero-order chi connectivity index (χ0) is 11.4. The lowest BCUT2D eigenvalue weighted by Gasteiger charge is -2.23. The zero-order valence-electron chi connectivity index (χ0n) is 9.94. The molecule has 1 heterocycles. The van der Waals surface area contributed by atoms with Crippen LogP contribution in [-0.2, 0) is 4.79 Å². The monoisotopic (exact) mass is 214 g/mol. The fourth-order valence-corrected chi connectivity index (χ4v) is 2.19. The Labute approximate surface area is 91.9 Å². The third kappa shape index (κ3) is 2.92. The van der Waals surface area contributed by atoms with Gasteiger partial charge in [0.25, 0.3) is 0 Å². The first-order chi connectivity index (χ1) is 7.10. The van der Waals surface area contributed by atoms with E-state index in [1.165, 1.54) is 0 Å². The lowest BCUT2D eigenvalue weighted by Crippen LogP contribution is -2.37. The van der Waals surface area contributed by atoms with Crippen LogP contribution in [0.4, 0.5) is 0 Å². The molecule has 1 aliphatic heterocycles. The van der Waals surface area contributed by atoms with Crippen molar-refractivity contribution in [1.82, 2.24) is 9.80 Å². The summed E-state index contributed by atoms with van der Waals surface area (Å²) in [5.74, 6) is 0.432. The Balaban J connectivity index is 2.56. The van der Waals surface area contributed by atoms with E-state index >= 15 is 0 Å². The molecule has 4 heteroatoms. The number of nitrogens with zero attached hydrogens (tertiary/aromatic N) is 2. The summed E-state index contributed by atoms with van der Waals surface area (Å²) in [5, 5.41) is 9.25. The molecule has 0 aromatic rings. The smallest absolute Gasteiger partial charge is 0.222 e. The minimum absolute atomic E-state index is 0.165. The first kappa shape index (κ1) is 12.5. The average Bonchev–Trinajstić information content (AvgIpc) is 2.61. The zero-order valence-corrected chi connectivity index (χ0v) is 9.94. The highest BCUT2D eigenvalue weighted by molar-refractivity contribution is 5.76. The molecule has 1 rings (SSSR count). The van der Waals surface area contributed by atoms with Crippen molar-refractivity contribution >= 4 is 5.91 Å². The summed E-state index contributed by atoms with van der Waals surface area (Å²) in [6.07, 6.45) is 1.52. The van der Waals surface area contributed by atoms with Crippen molar-refractivity contribution < 1.29 is 9.90 Å². The van der Waals surface area contributed by atoms with Crippen molar-refractivity contribution in [1.29, 1.82) is 0 Å². The molecule has 4 nitrogen and oxygen atoms in total. The molecular formula is C11H22N2O2. The highest BCUT2D eigenvalue weighted by atomic mass is 16.3. The van der Waals surface area contributed by atoms with E-state index in [-0.39, 0.29) is 18.4 Å². The van der Waals surface area contributed by atoms with E-state index in [0.29, 0.717) is 19.0 Å². The molecule has 0 saturated carbocycles. The lowest BCUT2D eigenvalue weighted by molar-refractivity contribution is -0.130. The number of carbonyl (C=O) groups is 1. The van der Waals surface area contributed by atoms with Crippen LogP contribution in [0.3, 0.4) is 0 Å². The van der Waals surface area contributed by atoms with Crippen LogP contribution >= 0.6 is 0 Å². The van der Waals surface area contributed by atoms with E-state index in [2.05, 4.69) is 4.90 Å². The first-order valence-electron chi connectivity index (χ1n) is 5.65. The molecule has 88 valence electrons. The molecule has 2 atom stereocenters. The summed E-state index contributed by atoms with van der Waals surface area (Å²) < 4.78 is 0. The third-order valence-electron chi connectivity index (χ3n) is 3.12. The second-order valence-corrected chi connectivity index (χ2v) is 4.52. The van der Waals surface area contributed by atoms with E-state index in [0.717, 1.165) is 13.0 Å². The van der Waals surface area contributed by atoms with Gasteiger partial charge in [0.15, 0.2) is 0 Å². The number of hydrogen-bond acceptors (Lipinski definition) is 3. The number of hydrogen-bond donors (Lipinski definition) is 1. The van der Waals surface area contributed by atoms with Crippen LogP contribution in [0.2, 0.25) is 0 Å². The Bertz CT molecular complexity index is 219. The van der Waals surface area contributed by atoms with Gasteiger partial charge in [0, 0.05) is 38.1 Å². The van der Waals surface area contributed by atoms with Crippen LogP contribution in [0, 0.1) is 5.92 Å². The number of carbonyl (C=O) groups excluding carboxylic acids is 1. The Hall–Kier alpha value is -0.610. The Kier molecular flexibility index (Phi) is 4.54. The molecule has 1 saturated heterocycles. The van der Waals surface area contributed by atoms with E-state index in [4.69, 9.17) is 0 Å². The first-order valence-corrected chi connectivity index (χ1v) is 5.65. The molecule has 1 N–H and O–H groups in total. The van der Waals surface area contributed by atoms with E-state index in [9.17, 15) is 9.90 Å². The van der Waals surface area contributed by atoms with Crippen LogP contribution in [0.15, 0.2) is 0 Å². The van der Waals surface area contributed by atoms with Crippen molar-refractivity contribution in [3.63, 3.8) is 0 Å². The molecule has 1 amide bonds. The molecule has 0 aromatic carbocycles. The molecular weight excluding hydrogens is 192 g/mol. The highest BCUT2D eigenvalue weighted by Gasteiger charge is 2.35. The van der Waals surface area contributed by atoms with E-state index in [1.807, 2.05) is 25.9 Å². The molecule has 15 heavy (non-hydrogen) atoms. The number of likely N-dealkylation sites (N-methyl/N-ethyl adjacent to an activating group) is 1. The molecule has 0 unspecified atom stereocenters. The van der Waals surface area contributed by atoms with Gasteiger partial charge in [-0.25, -0.2) is 0 Å². The minimum atomic E-state index is 0.165. The number of aliphatic hydroxyl groups excluding tert-OH is 1. The molecule has 0 bridgehead atoms. The maximum atomic E-state index is 11.7. The topological polar surface area (TPSA) is 43.8 Å². The predicted octanol–water partition coefficient (Wildman–Crippen LogP) is 0.167. The van der Waals surface area contributed by atoms with Gasteiger partial charge in [-0.1, -0.05) is 6.92 Å². The van der Waals surface area contributed by atoms with Crippen molar-refractivity contribution in [3.8, 4) is 0 Å². The number of amides is 1. The van der Waals surface area contributed by atoms with E-state index in [1.54, 1.807) is 0 Å². The largest absolute Gasteiger partial charge is 0.396 e. The summed E-state index contributed by atoms with van der Waals surface area (Å²) in [6.45, 7) is 3.65. The summed E-state index contributed by atoms with van der Waals surface area (Å²) in [6, 6.07) is 0.302. The maximum Gasteiger partial charge on any atom is 0.222 e. The SMILES string of the molecule is CCCC(=O)N1C[C@@H](CO)[C@H](N(C)C)C1. The third-order valence-corrected chi connectivity index (χ3v) is 3.12. The summed E-state index contributed by atoms with van der Waals surface area (Å²) in [5.41, 5.74) is 0. The Morgan fingerprint density at radius 1 is 1.47 bits per heavy atom. The Morgan fingerprint density at radius 3 is 2.53 bits per heavy atom. The van der Waals surface area contributed by atoms with Gasteiger partial charge in [0.05, 0.1) is 0 Å². The fraction of sp³-hybridized carbons (Fsp3) is 0.909. The Morgan fingerprint density at radius 2 is 2.13 bits per heavy atom. The second kappa shape index (κ2) is 5.47. The van der Waals surface area contributed by atoms with Crippen LogP contribution in [0.25, 0.3) is 0 Å². The predicted molar refractivity (Wildman–Crippen MR) is 59.5 cm³/mol. The normalized spacial score (nSPS) is 26.3. The van der Waals surface area contributed by atoms with Gasteiger partial charge >= 0.3 is 0 Å². The van der Waals surface area contributed by atoms with Crippen molar-refractivity contribution in [3.05, 3.63) is 0 Å². The van der Waals surface area contributed by atoms with Crippen LogP contribution in [-0.4, -0.2) is 60.6 Å². The van der Waals surface area contributed by atoms with Crippen molar-refractivity contribution in [2.45, 2.75) is 25.8 Å². The van der Waals surface area contributed by atoms with Gasteiger partial charge in [-0.05, 0) is 20.5 Å². The summed E-state index contributed by atoms with van der Waals surface area (Å²) in [7, 11) is 4.00. The van der Waals surface area contributed by atoms with Gasteiger partial charge in [0.1, 0.15) is 0 Å². The molecule has 0 aromatic heterocycles. The molecule has 0 aliphatic carbocycles.